The molecule has 0 unspecified atom stereocenters. The Balaban J connectivity index is 2.40. The van der Waals surface area contributed by atoms with Crippen molar-refractivity contribution in [2.45, 2.75) is 13.8 Å². The Morgan fingerprint density at radius 3 is 2.63 bits per heavy atom. The van der Waals surface area contributed by atoms with Crippen LogP contribution in [0.25, 0.3) is 11.8 Å². The molecule has 0 fully saturated rings. The molecule has 19 heavy (non-hydrogen) atoms. The largest absolute Gasteiger partial charge is 0.478 e. The second-order valence-corrected chi connectivity index (χ2v) is 5.08. The standard InChI is InChI=1S/C14H13BrN2O2/c1-9-7-10(2)17(16-9)13-5-3-11(8-12(13)15)4-6-14(18)19/h3-8H,1-2H3,(H,18,19)/b6-4+. The molecule has 0 saturated carbocycles. The third-order valence-electron chi connectivity index (χ3n) is 2.63. The molecule has 2 aromatic rings. The number of carboxylic acids is 1. The number of carboxylic acid groups (broad SMARTS) is 1. The minimum Gasteiger partial charge on any atom is -0.478 e. The van der Waals surface area contributed by atoms with Crippen molar-refractivity contribution in [3.05, 3.63) is 51.8 Å². The molecule has 4 nitrogen and oxygen atoms in total. The molecule has 1 heterocycles. The van der Waals surface area contributed by atoms with Crippen molar-refractivity contribution in [3.63, 3.8) is 0 Å². The molecule has 0 radical (unpaired) electrons. The lowest BCUT2D eigenvalue weighted by atomic mass is 10.2. The summed E-state index contributed by atoms with van der Waals surface area (Å²) in [5, 5.41) is 13.0. The molecule has 98 valence electrons. The summed E-state index contributed by atoms with van der Waals surface area (Å²) in [6, 6.07) is 7.64. The Labute approximate surface area is 119 Å². The summed E-state index contributed by atoms with van der Waals surface area (Å²) in [6.45, 7) is 3.94. The van der Waals surface area contributed by atoms with Crippen LogP contribution in [-0.2, 0) is 4.79 Å². The highest BCUT2D eigenvalue weighted by Gasteiger charge is 2.07. The van der Waals surface area contributed by atoms with Crippen LogP contribution in [0, 0.1) is 13.8 Å². The molecule has 0 bridgehead atoms. The van der Waals surface area contributed by atoms with Crippen LogP contribution in [0.5, 0.6) is 0 Å². The van der Waals surface area contributed by atoms with E-state index in [0.717, 1.165) is 33.2 Å². The number of benzene rings is 1. The van der Waals surface area contributed by atoms with Gasteiger partial charge in [0.2, 0.25) is 0 Å². The zero-order valence-corrected chi connectivity index (χ0v) is 12.2. The highest BCUT2D eigenvalue weighted by Crippen LogP contribution is 2.24. The van der Waals surface area contributed by atoms with Crippen molar-refractivity contribution in [2.24, 2.45) is 0 Å². The van der Waals surface area contributed by atoms with Crippen molar-refractivity contribution in [1.29, 1.82) is 0 Å². The molecule has 1 aromatic heterocycles. The van der Waals surface area contributed by atoms with Gasteiger partial charge in [-0.05, 0) is 59.6 Å². The predicted octanol–water partition coefficient (Wildman–Crippen LogP) is 3.35. The van der Waals surface area contributed by atoms with Gasteiger partial charge in [-0.3, -0.25) is 0 Å². The van der Waals surface area contributed by atoms with Crippen molar-refractivity contribution < 1.29 is 9.90 Å². The first-order valence-electron chi connectivity index (χ1n) is 5.71. The normalized spacial score (nSPS) is 11.1. The van der Waals surface area contributed by atoms with Crippen molar-refractivity contribution in [3.8, 4) is 5.69 Å². The van der Waals surface area contributed by atoms with Crippen LogP contribution in [-0.4, -0.2) is 20.9 Å². The van der Waals surface area contributed by atoms with Gasteiger partial charge in [-0.2, -0.15) is 5.10 Å². The van der Waals surface area contributed by atoms with Gasteiger partial charge in [-0.15, -0.1) is 0 Å². The van der Waals surface area contributed by atoms with Gasteiger partial charge in [0, 0.05) is 16.2 Å². The van der Waals surface area contributed by atoms with Gasteiger partial charge in [0.25, 0.3) is 0 Å². The van der Waals surface area contributed by atoms with E-state index in [1.165, 1.54) is 0 Å². The maximum Gasteiger partial charge on any atom is 0.328 e. The van der Waals surface area contributed by atoms with E-state index in [9.17, 15) is 4.79 Å². The lowest BCUT2D eigenvalue weighted by Crippen LogP contribution is -2.00. The van der Waals surface area contributed by atoms with E-state index >= 15 is 0 Å². The Morgan fingerprint density at radius 2 is 2.11 bits per heavy atom. The fourth-order valence-corrected chi connectivity index (χ4v) is 2.40. The van der Waals surface area contributed by atoms with Gasteiger partial charge < -0.3 is 5.11 Å². The fourth-order valence-electron chi connectivity index (χ4n) is 1.84. The van der Waals surface area contributed by atoms with Gasteiger partial charge in [0.1, 0.15) is 0 Å². The molecule has 2 rings (SSSR count). The van der Waals surface area contributed by atoms with E-state index in [-0.39, 0.29) is 0 Å². The Morgan fingerprint density at radius 1 is 1.37 bits per heavy atom. The van der Waals surface area contributed by atoms with Crippen LogP contribution in [0.4, 0.5) is 0 Å². The molecule has 0 spiro atoms. The number of hydrogen-bond acceptors (Lipinski definition) is 2. The second kappa shape index (κ2) is 5.40. The van der Waals surface area contributed by atoms with E-state index < -0.39 is 5.97 Å². The molecule has 5 heteroatoms. The monoisotopic (exact) mass is 320 g/mol. The number of aliphatic carboxylic acids is 1. The summed E-state index contributed by atoms with van der Waals surface area (Å²) in [7, 11) is 0. The lowest BCUT2D eigenvalue weighted by molar-refractivity contribution is -0.131. The maximum absolute atomic E-state index is 10.5. The Bertz CT molecular complexity index is 659. The summed E-state index contributed by atoms with van der Waals surface area (Å²) in [6.07, 6.45) is 2.67. The van der Waals surface area contributed by atoms with Crippen molar-refractivity contribution in [2.75, 3.05) is 0 Å². The van der Waals surface area contributed by atoms with Crippen molar-refractivity contribution in [1.82, 2.24) is 9.78 Å². The predicted molar refractivity (Wildman–Crippen MR) is 77.4 cm³/mol. The first-order valence-corrected chi connectivity index (χ1v) is 6.51. The smallest absolute Gasteiger partial charge is 0.328 e. The van der Waals surface area contributed by atoms with Crippen LogP contribution in [0.3, 0.4) is 0 Å². The molecule has 1 aromatic carbocycles. The second-order valence-electron chi connectivity index (χ2n) is 4.22. The van der Waals surface area contributed by atoms with Gasteiger partial charge in [0.15, 0.2) is 0 Å². The average Bonchev–Trinajstić information content (AvgIpc) is 2.66. The molecule has 0 saturated heterocycles. The van der Waals surface area contributed by atoms with Crippen LogP contribution in [0.2, 0.25) is 0 Å². The maximum atomic E-state index is 10.5. The summed E-state index contributed by atoms with van der Waals surface area (Å²) in [4.78, 5) is 10.5. The lowest BCUT2D eigenvalue weighted by Gasteiger charge is -2.07. The van der Waals surface area contributed by atoms with E-state index in [2.05, 4.69) is 21.0 Å². The molecular formula is C14H13BrN2O2. The molecule has 0 aliphatic heterocycles. The Hall–Kier alpha value is -1.88. The number of aryl methyl sites for hydroxylation is 2. The summed E-state index contributed by atoms with van der Waals surface area (Å²) >= 11 is 3.49. The molecular weight excluding hydrogens is 308 g/mol. The first-order chi connectivity index (χ1) is 8.97. The van der Waals surface area contributed by atoms with Gasteiger partial charge in [-0.25, -0.2) is 9.48 Å². The van der Waals surface area contributed by atoms with E-state index in [4.69, 9.17) is 5.11 Å². The van der Waals surface area contributed by atoms with Crippen molar-refractivity contribution >= 4 is 28.0 Å². The number of rotatable bonds is 3. The van der Waals surface area contributed by atoms with Crippen LogP contribution < -0.4 is 0 Å². The third kappa shape index (κ3) is 3.12. The first kappa shape index (κ1) is 13.5. The zero-order valence-electron chi connectivity index (χ0n) is 10.6. The Kier molecular flexibility index (Phi) is 3.85. The van der Waals surface area contributed by atoms with E-state index in [1.54, 1.807) is 6.08 Å². The van der Waals surface area contributed by atoms with Crippen LogP contribution >= 0.6 is 15.9 Å². The van der Waals surface area contributed by atoms with E-state index in [0.29, 0.717) is 0 Å². The van der Waals surface area contributed by atoms with E-state index in [1.807, 2.05) is 42.8 Å². The molecule has 0 amide bonds. The van der Waals surface area contributed by atoms with Crippen LogP contribution in [0.1, 0.15) is 17.0 Å². The third-order valence-corrected chi connectivity index (χ3v) is 3.26. The van der Waals surface area contributed by atoms with Gasteiger partial charge >= 0.3 is 5.97 Å². The SMILES string of the molecule is Cc1cc(C)n(-c2ccc(/C=C/C(=O)O)cc2Br)n1. The molecule has 0 atom stereocenters. The highest BCUT2D eigenvalue weighted by molar-refractivity contribution is 9.10. The quantitative estimate of drug-likeness (QED) is 0.882. The number of halogens is 1. The topological polar surface area (TPSA) is 55.1 Å². The van der Waals surface area contributed by atoms with Gasteiger partial charge in [-0.1, -0.05) is 6.07 Å². The fraction of sp³-hybridized carbons (Fsp3) is 0.143. The van der Waals surface area contributed by atoms with Gasteiger partial charge in [0.05, 0.1) is 11.4 Å². The zero-order chi connectivity index (χ0) is 14.0. The molecule has 0 aliphatic rings. The number of carbonyl (C=O) groups is 1. The number of hydrogen-bond donors (Lipinski definition) is 1. The molecule has 0 aliphatic carbocycles. The minimum absolute atomic E-state index is 0.819. The minimum atomic E-state index is -0.959. The number of nitrogens with zero attached hydrogens (tertiary/aromatic N) is 2. The highest BCUT2D eigenvalue weighted by atomic mass is 79.9. The molecule has 1 N–H and O–H groups in total. The van der Waals surface area contributed by atoms with Crippen LogP contribution in [0.15, 0.2) is 34.8 Å². The average molecular weight is 321 g/mol. The summed E-state index contributed by atoms with van der Waals surface area (Å²) in [5.74, 6) is -0.959. The summed E-state index contributed by atoms with van der Waals surface area (Å²) < 4.78 is 2.72. The summed E-state index contributed by atoms with van der Waals surface area (Å²) in [5.41, 5.74) is 3.75. The number of aromatic nitrogens is 2.